The molecule has 0 aliphatic carbocycles. The molecule has 6 heterocycles. The van der Waals surface area contributed by atoms with Crippen molar-refractivity contribution in [3.05, 3.63) is 84.5 Å². The predicted octanol–water partition coefficient (Wildman–Crippen LogP) is 9.23. The number of nitriles is 1. The Labute approximate surface area is 377 Å². The van der Waals surface area contributed by atoms with Gasteiger partial charge in [-0.3, -0.25) is 9.89 Å². The summed E-state index contributed by atoms with van der Waals surface area (Å²) in [5.41, 5.74) is 16.7. The smallest absolute Gasteiger partial charge is 0.280 e. The molecule has 0 saturated carbocycles. The number of piperidine rings is 3. The van der Waals surface area contributed by atoms with E-state index in [1.807, 2.05) is 17.0 Å². The van der Waals surface area contributed by atoms with E-state index >= 15 is 8.78 Å². The number of alkyl halides is 2. The van der Waals surface area contributed by atoms with Crippen molar-refractivity contribution in [3.8, 4) is 17.3 Å². The Kier molecular flexibility index (Phi) is 16.3. The fourth-order valence-corrected chi connectivity index (χ4v) is 9.23. The summed E-state index contributed by atoms with van der Waals surface area (Å²) in [6.07, 6.45) is 18.9. The van der Waals surface area contributed by atoms with Crippen molar-refractivity contribution in [2.75, 3.05) is 61.3 Å². The van der Waals surface area contributed by atoms with Crippen molar-refractivity contribution >= 4 is 34.5 Å². The number of allylic oxidation sites excluding steroid dienone is 2. The zero-order valence-corrected chi connectivity index (χ0v) is 38.2. The summed E-state index contributed by atoms with van der Waals surface area (Å²) in [4.78, 5) is 20.3. The molecule has 0 bridgehead atoms. The van der Waals surface area contributed by atoms with Gasteiger partial charge in [0.2, 0.25) is 0 Å². The van der Waals surface area contributed by atoms with Gasteiger partial charge in [0.05, 0.1) is 48.1 Å². The highest BCUT2D eigenvalue weighted by Crippen LogP contribution is 2.41. The lowest BCUT2D eigenvalue weighted by molar-refractivity contribution is -0.0929. The van der Waals surface area contributed by atoms with Gasteiger partial charge in [0.15, 0.2) is 0 Å². The minimum Gasteiger partial charge on any atom is -0.404 e. The number of anilines is 3. The van der Waals surface area contributed by atoms with Crippen molar-refractivity contribution in [2.24, 2.45) is 16.1 Å². The van der Waals surface area contributed by atoms with Crippen LogP contribution in [0.5, 0.6) is 0 Å². The van der Waals surface area contributed by atoms with Crippen LogP contribution in [-0.2, 0) is 0 Å². The number of nitrogens with two attached hydrogens (primary N) is 2. The van der Waals surface area contributed by atoms with E-state index in [0.29, 0.717) is 60.5 Å². The third kappa shape index (κ3) is 11.0. The lowest BCUT2D eigenvalue weighted by Gasteiger charge is -2.46. The molecule has 0 spiro atoms. The van der Waals surface area contributed by atoms with Crippen LogP contribution in [0.15, 0.2) is 72.4 Å². The van der Waals surface area contributed by atoms with Crippen LogP contribution >= 0.6 is 0 Å². The maximum atomic E-state index is 15.6. The molecule has 344 valence electrons. The number of nitrogens with zero attached hydrogens (tertiary/aromatic N) is 9. The number of hydrogen-bond acceptors (Lipinski definition) is 11. The van der Waals surface area contributed by atoms with Gasteiger partial charge in [-0.15, -0.1) is 0 Å². The molecule has 4 aromatic rings. The molecule has 3 saturated heterocycles. The molecule has 3 aliphatic rings. The lowest BCUT2D eigenvalue weighted by atomic mass is 9.73. The first-order valence-corrected chi connectivity index (χ1v) is 23.2. The Hall–Kier alpha value is -5.62. The quantitative estimate of drug-likeness (QED) is 0.0599. The second kappa shape index (κ2) is 21.8. The number of benzene rings is 1. The van der Waals surface area contributed by atoms with E-state index in [0.717, 1.165) is 68.8 Å². The summed E-state index contributed by atoms with van der Waals surface area (Å²) in [6.45, 7) is 16.7. The summed E-state index contributed by atoms with van der Waals surface area (Å²) >= 11 is 0. The number of halogens is 3. The van der Waals surface area contributed by atoms with E-state index in [-0.39, 0.29) is 29.3 Å². The number of nitrogens with one attached hydrogen (secondary N) is 1. The first-order valence-electron chi connectivity index (χ1n) is 23.2. The number of fused-ring (bicyclic) bond motifs is 1. The Morgan fingerprint density at radius 1 is 0.984 bits per heavy atom. The summed E-state index contributed by atoms with van der Waals surface area (Å²) in [5, 5.41) is 18.0. The molecule has 3 fully saturated rings. The summed E-state index contributed by atoms with van der Waals surface area (Å²) in [5.74, 6) is -2.74. The fraction of sp³-hybridized carbons (Fsp3) is 0.531. The van der Waals surface area contributed by atoms with Crippen LogP contribution < -0.4 is 26.6 Å². The van der Waals surface area contributed by atoms with Gasteiger partial charge in [0.1, 0.15) is 28.8 Å². The fourth-order valence-electron chi connectivity index (χ4n) is 9.23. The summed E-state index contributed by atoms with van der Waals surface area (Å²) in [6, 6.07) is 9.35. The Morgan fingerprint density at radius 3 is 2.31 bits per heavy atom. The maximum absolute atomic E-state index is 15.6. The first-order chi connectivity index (χ1) is 30.9. The molecule has 3 aliphatic heterocycles. The number of rotatable bonds is 15. The second-order valence-corrected chi connectivity index (χ2v) is 17.4. The second-order valence-electron chi connectivity index (χ2n) is 17.4. The molecule has 3 aromatic heterocycles. The van der Waals surface area contributed by atoms with E-state index in [2.05, 4.69) is 55.7 Å². The van der Waals surface area contributed by atoms with Crippen LogP contribution in [0.25, 0.3) is 22.3 Å². The van der Waals surface area contributed by atoms with Gasteiger partial charge in [-0.2, -0.15) is 10.4 Å². The van der Waals surface area contributed by atoms with Crippen molar-refractivity contribution in [2.45, 2.75) is 116 Å². The van der Waals surface area contributed by atoms with Crippen LogP contribution in [0.4, 0.5) is 30.4 Å². The molecule has 12 nitrogen and oxygen atoms in total. The van der Waals surface area contributed by atoms with Gasteiger partial charge in [-0.05, 0) is 75.3 Å². The van der Waals surface area contributed by atoms with Crippen molar-refractivity contribution in [1.29, 1.82) is 5.26 Å². The number of hydrogen-bond donors (Lipinski definition) is 3. The number of aliphatic imine (C=N–C) groups is 1. The van der Waals surface area contributed by atoms with E-state index in [1.54, 1.807) is 23.1 Å². The van der Waals surface area contributed by atoms with Gasteiger partial charge < -0.3 is 26.6 Å². The van der Waals surface area contributed by atoms with Crippen molar-refractivity contribution in [1.82, 2.24) is 29.8 Å². The highest BCUT2D eigenvalue weighted by molar-refractivity contribution is 6.09. The van der Waals surface area contributed by atoms with Crippen LogP contribution in [0.3, 0.4) is 0 Å². The monoisotopic (exact) mass is 881 g/mol. The number of pyridine rings is 1. The van der Waals surface area contributed by atoms with Crippen LogP contribution in [-0.4, -0.2) is 94.5 Å². The molecule has 64 heavy (non-hydrogen) atoms. The van der Waals surface area contributed by atoms with E-state index < -0.39 is 24.3 Å². The SMILES string of the molecule is C=C(NCCCC)C1(CC)CCN(c2ccc(-c3nc(/C(C=NC4CCN(C5CCN(c6ccc(N)cc6F)CC5(F)F)CC4)=C/N)cn4ncc(C#N)c34)cn2)CC1.CCCCC. The average molecular weight is 881 g/mol. The minimum absolute atomic E-state index is 0.0732. The minimum atomic E-state index is -3.02. The zero-order chi connectivity index (χ0) is 45.9. The van der Waals surface area contributed by atoms with Crippen molar-refractivity contribution < 1.29 is 13.2 Å². The summed E-state index contributed by atoms with van der Waals surface area (Å²) < 4.78 is 47.3. The summed E-state index contributed by atoms with van der Waals surface area (Å²) in [7, 11) is 0. The lowest BCUT2D eigenvalue weighted by Crippen LogP contribution is -2.60. The molecular formula is C49H67F3N12. The molecule has 1 aromatic carbocycles. The Balaban J connectivity index is 0.00000129. The van der Waals surface area contributed by atoms with Gasteiger partial charge in [0.25, 0.3) is 5.92 Å². The predicted molar refractivity (Wildman–Crippen MR) is 254 cm³/mol. The van der Waals surface area contributed by atoms with Crippen LogP contribution in [0.2, 0.25) is 0 Å². The molecule has 0 amide bonds. The highest BCUT2D eigenvalue weighted by Gasteiger charge is 2.48. The Bertz CT molecular complexity index is 2260. The number of unbranched alkanes of at least 4 members (excludes halogenated alkanes) is 3. The third-order valence-corrected chi connectivity index (χ3v) is 13.3. The highest BCUT2D eigenvalue weighted by atomic mass is 19.3. The number of likely N-dealkylation sites (tertiary alicyclic amines) is 1. The molecule has 15 heteroatoms. The number of aromatic nitrogens is 4. The van der Waals surface area contributed by atoms with Gasteiger partial charge >= 0.3 is 0 Å². The van der Waals surface area contributed by atoms with Crippen LogP contribution in [0, 0.1) is 22.6 Å². The Morgan fingerprint density at radius 2 is 1.72 bits per heavy atom. The maximum Gasteiger partial charge on any atom is 0.280 e. The molecule has 5 N–H and O–H groups in total. The average Bonchev–Trinajstić information content (AvgIpc) is 3.73. The molecule has 7 rings (SSSR count). The third-order valence-electron chi connectivity index (χ3n) is 13.3. The molecular weight excluding hydrogens is 814 g/mol. The van der Waals surface area contributed by atoms with Crippen LogP contribution in [0.1, 0.15) is 110 Å². The molecule has 1 unspecified atom stereocenters. The molecule has 0 radical (unpaired) electrons. The largest absolute Gasteiger partial charge is 0.404 e. The van der Waals surface area contributed by atoms with E-state index in [1.165, 1.54) is 54.8 Å². The van der Waals surface area contributed by atoms with Gasteiger partial charge in [0, 0.05) is 85.8 Å². The van der Waals surface area contributed by atoms with E-state index in [9.17, 15) is 9.65 Å². The molecule has 1 atom stereocenters. The number of nitrogen functional groups attached to an aromatic ring is 1. The standard InChI is InChI=1S/C44H55F3N12.C5H12/c1-4-6-16-51-30(3)43(5-2)14-20-57(21-15-43)40-10-7-31(25-53-40)41-42-33(24-49)27-54-59(42)28-37(55-41)32(23-48)26-52-35-11-17-56(18-12-35)39-13-19-58(29-44(39,46)47)38-9-8-34(50)22-36(38)45;1-3-5-4-2/h7-10,22-23,25-28,35,39,51H,3-6,11-21,29,48,50H2,1-2H3;3-5H2,1-2H3/b32-23+,52-26?;. The topological polar surface area (TPSA) is 153 Å². The van der Waals surface area contributed by atoms with Gasteiger partial charge in [-0.25, -0.2) is 27.7 Å². The van der Waals surface area contributed by atoms with E-state index in [4.69, 9.17) is 26.4 Å². The van der Waals surface area contributed by atoms with Crippen molar-refractivity contribution in [3.63, 3.8) is 0 Å². The first kappa shape index (κ1) is 47.8. The normalized spacial score (nSPS) is 19.3. The van der Waals surface area contributed by atoms with Gasteiger partial charge in [-0.1, -0.05) is 60.0 Å². The zero-order valence-electron chi connectivity index (χ0n) is 38.2.